The van der Waals surface area contributed by atoms with Crippen molar-refractivity contribution in [1.29, 1.82) is 0 Å². The van der Waals surface area contributed by atoms with Gasteiger partial charge in [-0.25, -0.2) is 19.6 Å². The molecule has 2 aromatic rings. The second kappa shape index (κ2) is 19.7. The number of hydrogen-bond acceptors (Lipinski definition) is 9. The molecule has 0 unspecified atom stereocenters. The largest absolute Gasteiger partial charge is 0.490 e. The lowest BCUT2D eigenvalue weighted by molar-refractivity contribution is -0.192. The van der Waals surface area contributed by atoms with Crippen molar-refractivity contribution in [2.45, 2.75) is 66.2 Å². The molecule has 0 aromatic carbocycles. The first-order valence-corrected chi connectivity index (χ1v) is 14.9. The van der Waals surface area contributed by atoms with E-state index in [0.717, 1.165) is 11.1 Å². The van der Waals surface area contributed by atoms with Crippen LogP contribution in [0.1, 0.15) is 65.5 Å². The maximum atomic E-state index is 13.6. The van der Waals surface area contributed by atoms with Crippen molar-refractivity contribution in [2.75, 3.05) is 26.2 Å². The average Bonchev–Trinajstić information content (AvgIpc) is 3.01. The molecule has 0 spiro atoms. The summed E-state index contributed by atoms with van der Waals surface area (Å²) >= 11 is 0. The van der Waals surface area contributed by atoms with Crippen molar-refractivity contribution >= 4 is 41.1 Å². The number of aromatic nitrogens is 2. The number of aliphatic carboxylic acids is 1. The molecular weight excluding hydrogens is 675 g/mol. The topological polar surface area (TPSA) is 156 Å². The van der Waals surface area contributed by atoms with Crippen molar-refractivity contribution in [3.63, 3.8) is 0 Å². The summed E-state index contributed by atoms with van der Waals surface area (Å²) in [6.45, 7) is 11.6. The Morgan fingerprint density at radius 1 is 0.760 bits per heavy atom. The summed E-state index contributed by atoms with van der Waals surface area (Å²) in [7, 11) is 0. The number of rotatable bonds is 2. The van der Waals surface area contributed by atoms with E-state index in [1.54, 1.807) is 41.0 Å². The zero-order valence-electron chi connectivity index (χ0n) is 28.3. The smallest absolute Gasteiger partial charge is 0.475 e. The van der Waals surface area contributed by atoms with Gasteiger partial charge < -0.3 is 24.4 Å². The summed E-state index contributed by atoms with van der Waals surface area (Å²) in [6, 6.07) is 6.85. The summed E-state index contributed by atoms with van der Waals surface area (Å²) in [5.74, 6) is -4.73. The standard InChI is InChI=1S/C15H19FN2O2.C12H13FN2O.C4H6O3.C2HF3O2/c1-15(2,3)20-14(19)18-9-6-11(7-10-18)12-5-4-8-17-13(12)16;1-9(16)15-7-4-10(5-8-15)11-3-2-6-14-12(11)13;1-3(5)7-4(2)6;3-2(4,5)1(6)7/h4-6,8H,7,9-10H2,1-3H3;2-4,6H,5,7-8H2,1H3;1-2H3;(H,6,7). The number of nitrogens with zero attached hydrogens (tertiary/aromatic N) is 4. The Balaban J connectivity index is 0.000000370. The molecule has 2 aliphatic heterocycles. The van der Waals surface area contributed by atoms with Crippen LogP contribution in [-0.4, -0.2) is 92.7 Å². The van der Waals surface area contributed by atoms with Crippen LogP contribution in [0.4, 0.5) is 26.7 Å². The number of carbonyl (C=O) groups excluding carboxylic acids is 4. The van der Waals surface area contributed by atoms with E-state index in [0.29, 0.717) is 50.1 Å². The number of esters is 2. The molecule has 0 radical (unpaired) electrons. The Bertz CT molecular complexity index is 1560. The van der Waals surface area contributed by atoms with Crippen LogP contribution in [0.3, 0.4) is 0 Å². The van der Waals surface area contributed by atoms with Gasteiger partial charge in [-0.05, 0) is 69.0 Å². The highest BCUT2D eigenvalue weighted by atomic mass is 19.4. The maximum Gasteiger partial charge on any atom is 0.490 e. The van der Waals surface area contributed by atoms with Crippen molar-refractivity contribution in [2.24, 2.45) is 0 Å². The van der Waals surface area contributed by atoms with E-state index in [2.05, 4.69) is 14.7 Å². The van der Waals surface area contributed by atoms with Gasteiger partial charge in [0, 0.05) is 70.5 Å². The second-order valence-electron chi connectivity index (χ2n) is 11.4. The van der Waals surface area contributed by atoms with Crippen LogP contribution >= 0.6 is 0 Å². The molecule has 0 atom stereocenters. The molecule has 17 heteroatoms. The fourth-order valence-electron chi connectivity index (χ4n) is 4.06. The van der Waals surface area contributed by atoms with Crippen LogP contribution in [0, 0.1) is 11.9 Å². The van der Waals surface area contributed by atoms with Gasteiger partial charge in [-0.1, -0.05) is 12.2 Å². The number of carboxylic acids is 1. The third-order valence-corrected chi connectivity index (χ3v) is 6.26. The highest BCUT2D eigenvalue weighted by Gasteiger charge is 2.38. The Kier molecular flexibility index (Phi) is 16.9. The normalized spacial score (nSPS) is 14.1. The predicted molar refractivity (Wildman–Crippen MR) is 170 cm³/mol. The first kappa shape index (κ1) is 42.8. The summed E-state index contributed by atoms with van der Waals surface area (Å²) in [4.78, 5) is 62.2. The quantitative estimate of drug-likeness (QED) is 0.174. The lowest BCUT2D eigenvalue weighted by Crippen LogP contribution is -2.39. The molecule has 1 N–H and O–H groups in total. The lowest BCUT2D eigenvalue weighted by Gasteiger charge is -2.29. The van der Waals surface area contributed by atoms with Crippen molar-refractivity contribution < 1.29 is 60.5 Å². The molecule has 0 aliphatic carbocycles. The number of hydrogen-bond donors (Lipinski definition) is 1. The minimum absolute atomic E-state index is 0.0574. The molecule has 0 fully saturated rings. The van der Waals surface area contributed by atoms with Crippen molar-refractivity contribution in [3.05, 3.63) is 71.8 Å². The minimum Gasteiger partial charge on any atom is -0.475 e. The molecule has 4 rings (SSSR count). The third-order valence-electron chi connectivity index (χ3n) is 6.26. The van der Waals surface area contributed by atoms with Gasteiger partial charge in [-0.2, -0.15) is 22.0 Å². The summed E-state index contributed by atoms with van der Waals surface area (Å²) in [5, 5.41) is 7.12. The van der Waals surface area contributed by atoms with E-state index in [9.17, 15) is 41.1 Å². The number of pyridine rings is 2. The number of carboxylic acid groups (broad SMARTS) is 1. The number of amides is 2. The maximum absolute atomic E-state index is 13.6. The Morgan fingerprint density at radius 2 is 1.16 bits per heavy atom. The average molecular weight is 715 g/mol. The SMILES string of the molecule is CC(=O)N1CC=C(c2cccnc2F)CC1.CC(=O)OC(C)=O.CC(C)(C)OC(=O)N1CC=C(c2cccnc2F)CC1.O=C(O)C(F)(F)F. The summed E-state index contributed by atoms with van der Waals surface area (Å²) in [5.41, 5.74) is 2.37. The molecule has 0 bridgehead atoms. The fourth-order valence-corrected chi connectivity index (χ4v) is 4.06. The molecular formula is C33H39F5N4O8. The van der Waals surface area contributed by atoms with Gasteiger partial charge in [-0.3, -0.25) is 14.4 Å². The van der Waals surface area contributed by atoms with E-state index in [4.69, 9.17) is 14.6 Å². The van der Waals surface area contributed by atoms with Crippen LogP contribution in [0.5, 0.6) is 0 Å². The van der Waals surface area contributed by atoms with Gasteiger partial charge in [0.25, 0.3) is 0 Å². The van der Waals surface area contributed by atoms with E-state index in [1.165, 1.54) is 26.2 Å². The molecule has 0 saturated heterocycles. The molecule has 50 heavy (non-hydrogen) atoms. The number of alkyl halides is 3. The Morgan fingerprint density at radius 3 is 1.42 bits per heavy atom. The predicted octanol–water partition coefficient (Wildman–Crippen LogP) is 5.83. The molecule has 2 amide bonds. The first-order valence-electron chi connectivity index (χ1n) is 14.9. The van der Waals surface area contributed by atoms with Gasteiger partial charge in [-0.15, -0.1) is 0 Å². The van der Waals surface area contributed by atoms with Crippen LogP contribution in [-0.2, 0) is 28.7 Å². The molecule has 12 nitrogen and oxygen atoms in total. The van der Waals surface area contributed by atoms with Crippen LogP contribution < -0.4 is 0 Å². The van der Waals surface area contributed by atoms with Crippen LogP contribution in [0.2, 0.25) is 0 Å². The monoisotopic (exact) mass is 714 g/mol. The minimum atomic E-state index is -5.08. The second-order valence-corrected chi connectivity index (χ2v) is 11.4. The van der Waals surface area contributed by atoms with E-state index in [1.807, 2.05) is 32.9 Å². The summed E-state index contributed by atoms with van der Waals surface area (Å²) < 4.78 is 68.0. The molecule has 4 heterocycles. The van der Waals surface area contributed by atoms with Crippen LogP contribution in [0.25, 0.3) is 11.1 Å². The van der Waals surface area contributed by atoms with E-state index >= 15 is 0 Å². The lowest BCUT2D eigenvalue weighted by atomic mass is 10.0. The highest BCUT2D eigenvalue weighted by Crippen LogP contribution is 2.25. The fraction of sp³-hybridized carbons (Fsp3) is 0.424. The van der Waals surface area contributed by atoms with E-state index < -0.39 is 41.6 Å². The number of ether oxygens (including phenoxy) is 2. The zero-order valence-corrected chi connectivity index (χ0v) is 28.3. The van der Waals surface area contributed by atoms with Crippen molar-refractivity contribution in [1.82, 2.24) is 19.8 Å². The molecule has 2 aromatic heterocycles. The summed E-state index contributed by atoms with van der Waals surface area (Å²) in [6.07, 6.45) is 2.47. The van der Waals surface area contributed by atoms with Crippen molar-refractivity contribution in [3.8, 4) is 0 Å². The molecule has 274 valence electrons. The zero-order chi connectivity index (χ0) is 38.2. The Hall–Kier alpha value is -5.22. The highest BCUT2D eigenvalue weighted by molar-refractivity contribution is 5.82. The van der Waals surface area contributed by atoms with E-state index in [-0.39, 0.29) is 12.0 Å². The van der Waals surface area contributed by atoms with Gasteiger partial charge >= 0.3 is 30.2 Å². The van der Waals surface area contributed by atoms with Gasteiger partial charge in [0.05, 0.1) is 0 Å². The molecule has 0 saturated carbocycles. The van der Waals surface area contributed by atoms with Gasteiger partial charge in [0.1, 0.15) is 5.60 Å². The van der Waals surface area contributed by atoms with Gasteiger partial charge in [0.15, 0.2) is 0 Å². The molecule has 2 aliphatic rings. The first-order chi connectivity index (χ1) is 23.1. The van der Waals surface area contributed by atoms with Crippen LogP contribution in [0.15, 0.2) is 48.8 Å². The third kappa shape index (κ3) is 16.3. The number of halogens is 5. The number of carbonyl (C=O) groups is 5. The van der Waals surface area contributed by atoms with Gasteiger partial charge in [0.2, 0.25) is 17.8 Å². The Labute approximate surface area is 285 Å².